The Balaban J connectivity index is 2.97. The number of aryl methyl sites for hydroxylation is 1. The average Bonchev–Trinajstić information content (AvgIpc) is 2.78. The third-order valence-electron chi connectivity index (χ3n) is 5.05. The number of nitrogens with zero attached hydrogens (tertiary/aromatic N) is 1. The summed E-state index contributed by atoms with van der Waals surface area (Å²) in [6.45, 7) is 14.6. The zero-order chi connectivity index (χ0) is 15.6. The summed E-state index contributed by atoms with van der Waals surface area (Å²) in [5, 5.41) is 7.05. The number of hydrogen-bond acceptors (Lipinski definition) is 3. The fourth-order valence-electron chi connectivity index (χ4n) is 2.54. The number of aromatic nitrogens is 1. The summed E-state index contributed by atoms with van der Waals surface area (Å²) < 4.78 is 5.21. The van der Waals surface area contributed by atoms with Crippen LogP contribution in [0.2, 0.25) is 0 Å². The van der Waals surface area contributed by atoms with E-state index in [2.05, 4.69) is 45.1 Å². The molecule has 0 bridgehead atoms. The lowest BCUT2D eigenvalue weighted by Gasteiger charge is -2.44. The van der Waals surface area contributed by atoms with Crippen LogP contribution in [0.1, 0.15) is 76.2 Å². The molecule has 0 saturated heterocycles. The first-order valence-corrected chi connectivity index (χ1v) is 7.50. The van der Waals surface area contributed by atoms with E-state index in [0.29, 0.717) is 5.69 Å². The minimum absolute atomic E-state index is 0.0495. The van der Waals surface area contributed by atoms with Gasteiger partial charge >= 0.3 is 0 Å². The lowest BCUT2D eigenvalue weighted by atomic mass is 9.69. The topological polar surface area (TPSA) is 55.1 Å². The van der Waals surface area contributed by atoms with Crippen molar-refractivity contribution in [3.05, 3.63) is 17.0 Å². The van der Waals surface area contributed by atoms with Gasteiger partial charge in [0.15, 0.2) is 5.69 Å². The van der Waals surface area contributed by atoms with Crippen molar-refractivity contribution in [3.63, 3.8) is 0 Å². The molecule has 1 N–H and O–H groups in total. The van der Waals surface area contributed by atoms with E-state index in [-0.39, 0.29) is 16.9 Å². The molecule has 0 atom stereocenters. The molecule has 0 aliphatic heterocycles. The number of amides is 1. The maximum Gasteiger partial charge on any atom is 0.274 e. The SMILES string of the molecule is CCc1onc(C(=O)NC(C)(C)C(C)(CC)CC)c1C. The summed E-state index contributed by atoms with van der Waals surface area (Å²) in [6, 6.07) is 0. The minimum Gasteiger partial charge on any atom is -0.360 e. The Morgan fingerprint density at radius 3 is 2.15 bits per heavy atom. The van der Waals surface area contributed by atoms with E-state index in [1.807, 2.05) is 13.8 Å². The van der Waals surface area contributed by atoms with Crippen LogP contribution < -0.4 is 5.32 Å². The first-order chi connectivity index (χ1) is 9.22. The maximum atomic E-state index is 12.5. The smallest absolute Gasteiger partial charge is 0.274 e. The van der Waals surface area contributed by atoms with E-state index in [1.54, 1.807) is 0 Å². The number of carbonyl (C=O) groups is 1. The predicted molar refractivity (Wildman–Crippen MR) is 80.9 cm³/mol. The maximum absolute atomic E-state index is 12.5. The molecule has 20 heavy (non-hydrogen) atoms. The van der Waals surface area contributed by atoms with Crippen LogP contribution in [0, 0.1) is 12.3 Å². The van der Waals surface area contributed by atoms with Gasteiger partial charge < -0.3 is 9.84 Å². The number of carbonyl (C=O) groups excluding carboxylic acids is 1. The van der Waals surface area contributed by atoms with Gasteiger partial charge in [-0.2, -0.15) is 0 Å². The van der Waals surface area contributed by atoms with Gasteiger partial charge in [-0.1, -0.05) is 32.9 Å². The molecule has 114 valence electrons. The van der Waals surface area contributed by atoms with Crippen molar-refractivity contribution in [2.45, 2.75) is 73.3 Å². The van der Waals surface area contributed by atoms with Gasteiger partial charge in [0, 0.05) is 17.5 Å². The first kappa shape index (κ1) is 16.7. The molecule has 1 aromatic heterocycles. The van der Waals surface area contributed by atoms with Gasteiger partial charge in [-0.3, -0.25) is 4.79 Å². The Kier molecular flexibility index (Phi) is 5.00. The van der Waals surface area contributed by atoms with Crippen molar-refractivity contribution in [1.29, 1.82) is 0 Å². The molecular formula is C16H28N2O2. The van der Waals surface area contributed by atoms with Crippen LogP contribution in [0.4, 0.5) is 0 Å². The van der Waals surface area contributed by atoms with Crippen LogP contribution in [0.25, 0.3) is 0 Å². The quantitative estimate of drug-likeness (QED) is 0.860. The Bertz CT molecular complexity index is 471. The van der Waals surface area contributed by atoms with Crippen LogP contribution in [0.5, 0.6) is 0 Å². The summed E-state index contributed by atoms with van der Waals surface area (Å²) in [5.41, 5.74) is 0.999. The fourth-order valence-corrected chi connectivity index (χ4v) is 2.54. The molecule has 0 radical (unpaired) electrons. The van der Waals surface area contributed by atoms with E-state index < -0.39 is 0 Å². The monoisotopic (exact) mass is 280 g/mol. The molecule has 0 unspecified atom stereocenters. The third kappa shape index (κ3) is 2.89. The standard InChI is InChI=1S/C16H28N2O2/c1-8-12-11(4)13(18-20-12)14(19)17-15(5,6)16(7,9-2)10-3/h8-10H2,1-7H3,(H,17,19). The molecule has 4 nitrogen and oxygen atoms in total. The van der Waals surface area contributed by atoms with Crippen LogP contribution in [-0.4, -0.2) is 16.6 Å². The number of hydrogen-bond donors (Lipinski definition) is 1. The molecular weight excluding hydrogens is 252 g/mol. The van der Waals surface area contributed by atoms with Gasteiger partial charge in [0.05, 0.1) is 0 Å². The van der Waals surface area contributed by atoms with E-state index in [0.717, 1.165) is 30.6 Å². The zero-order valence-corrected chi connectivity index (χ0v) is 13.9. The number of nitrogens with one attached hydrogen (secondary N) is 1. The molecule has 1 aromatic rings. The van der Waals surface area contributed by atoms with Gasteiger partial charge in [0.2, 0.25) is 0 Å². The second-order valence-corrected chi connectivity index (χ2v) is 6.28. The van der Waals surface area contributed by atoms with Crippen LogP contribution in [-0.2, 0) is 6.42 Å². The highest BCUT2D eigenvalue weighted by molar-refractivity contribution is 5.94. The summed E-state index contributed by atoms with van der Waals surface area (Å²) in [6.07, 6.45) is 2.76. The van der Waals surface area contributed by atoms with Gasteiger partial charge in [-0.05, 0) is 39.0 Å². The second kappa shape index (κ2) is 5.98. The summed E-state index contributed by atoms with van der Waals surface area (Å²) in [4.78, 5) is 12.5. The summed E-state index contributed by atoms with van der Waals surface area (Å²) in [5.74, 6) is 0.630. The molecule has 0 aliphatic carbocycles. The Morgan fingerprint density at radius 1 is 1.20 bits per heavy atom. The molecule has 1 rings (SSSR count). The van der Waals surface area contributed by atoms with Crippen LogP contribution in [0.3, 0.4) is 0 Å². The second-order valence-electron chi connectivity index (χ2n) is 6.28. The lowest BCUT2D eigenvalue weighted by molar-refractivity contribution is 0.0739. The normalized spacial score (nSPS) is 12.6. The predicted octanol–water partition coefficient (Wildman–Crippen LogP) is 3.88. The highest BCUT2D eigenvalue weighted by Crippen LogP contribution is 2.37. The highest BCUT2D eigenvalue weighted by Gasteiger charge is 2.40. The zero-order valence-electron chi connectivity index (χ0n) is 13.9. The van der Waals surface area contributed by atoms with Crippen molar-refractivity contribution < 1.29 is 9.32 Å². The largest absolute Gasteiger partial charge is 0.360 e. The summed E-state index contributed by atoms with van der Waals surface area (Å²) in [7, 11) is 0. The van der Waals surface area contributed by atoms with Crippen LogP contribution in [0.15, 0.2) is 4.52 Å². The molecule has 0 fully saturated rings. The van der Waals surface area contributed by atoms with E-state index in [4.69, 9.17) is 4.52 Å². The molecule has 4 heteroatoms. The average molecular weight is 280 g/mol. The minimum atomic E-state index is -0.300. The number of rotatable bonds is 6. The van der Waals surface area contributed by atoms with E-state index in [1.165, 1.54) is 0 Å². The van der Waals surface area contributed by atoms with Crippen molar-refractivity contribution >= 4 is 5.91 Å². The van der Waals surface area contributed by atoms with Crippen molar-refractivity contribution in [2.75, 3.05) is 0 Å². The Morgan fingerprint density at radius 2 is 1.75 bits per heavy atom. The Hall–Kier alpha value is -1.32. The van der Waals surface area contributed by atoms with Gasteiger partial charge in [-0.25, -0.2) is 0 Å². The first-order valence-electron chi connectivity index (χ1n) is 7.50. The summed E-state index contributed by atoms with van der Waals surface area (Å²) >= 11 is 0. The molecule has 0 aromatic carbocycles. The fraction of sp³-hybridized carbons (Fsp3) is 0.750. The van der Waals surface area contributed by atoms with Crippen molar-refractivity contribution in [1.82, 2.24) is 10.5 Å². The van der Waals surface area contributed by atoms with Gasteiger partial charge in [0.25, 0.3) is 5.91 Å². The molecule has 0 spiro atoms. The van der Waals surface area contributed by atoms with E-state index >= 15 is 0 Å². The lowest BCUT2D eigenvalue weighted by Crippen LogP contribution is -2.54. The van der Waals surface area contributed by atoms with Crippen molar-refractivity contribution in [3.8, 4) is 0 Å². The van der Waals surface area contributed by atoms with Gasteiger partial charge in [-0.15, -0.1) is 0 Å². The Labute approximate surface area is 122 Å². The third-order valence-corrected chi connectivity index (χ3v) is 5.05. The highest BCUT2D eigenvalue weighted by atomic mass is 16.5. The molecule has 0 saturated carbocycles. The van der Waals surface area contributed by atoms with Crippen LogP contribution >= 0.6 is 0 Å². The molecule has 0 aliphatic rings. The van der Waals surface area contributed by atoms with Crippen molar-refractivity contribution in [2.24, 2.45) is 5.41 Å². The molecule has 1 amide bonds. The van der Waals surface area contributed by atoms with E-state index in [9.17, 15) is 4.79 Å². The molecule has 1 heterocycles. The van der Waals surface area contributed by atoms with Gasteiger partial charge in [0.1, 0.15) is 5.76 Å².